The van der Waals surface area contributed by atoms with Crippen LogP contribution in [0.3, 0.4) is 0 Å². The summed E-state index contributed by atoms with van der Waals surface area (Å²) in [6.07, 6.45) is 0. The van der Waals surface area contributed by atoms with Gasteiger partial charge in [-0.25, -0.2) is 17.5 Å². The molecule has 0 bridgehead atoms. The normalized spacial score (nSPS) is 11.3. The summed E-state index contributed by atoms with van der Waals surface area (Å²) < 4.78 is 30.0. The van der Waals surface area contributed by atoms with Crippen molar-refractivity contribution in [1.82, 2.24) is 4.31 Å². The molecular weight excluding hydrogens is 392 g/mol. The predicted molar refractivity (Wildman–Crippen MR) is 102 cm³/mol. The van der Waals surface area contributed by atoms with Gasteiger partial charge in [0.2, 0.25) is 10.0 Å². The molecule has 0 spiro atoms. The number of halogens is 1. The van der Waals surface area contributed by atoms with Crippen molar-refractivity contribution < 1.29 is 22.7 Å². The van der Waals surface area contributed by atoms with Gasteiger partial charge in [-0.05, 0) is 48.9 Å². The maximum absolute atomic E-state index is 12.0. The minimum absolute atomic E-state index is 0.0539. The number of nitrogens with zero attached hydrogens (tertiary/aromatic N) is 1. The average Bonchev–Trinajstić information content (AvgIpc) is 2.62. The molecule has 0 saturated heterocycles. The van der Waals surface area contributed by atoms with Crippen molar-refractivity contribution in [2.75, 3.05) is 26.0 Å². The lowest BCUT2D eigenvalue weighted by molar-refractivity contribution is -0.119. The molecule has 144 valence electrons. The van der Waals surface area contributed by atoms with E-state index in [4.69, 9.17) is 16.3 Å². The molecule has 0 aliphatic heterocycles. The van der Waals surface area contributed by atoms with Crippen LogP contribution in [-0.4, -0.2) is 45.3 Å². The monoisotopic (exact) mass is 410 g/mol. The van der Waals surface area contributed by atoms with Crippen LogP contribution in [0.25, 0.3) is 0 Å². The van der Waals surface area contributed by atoms with Crippen LogP contribution in [0.4, 0.5) is 5.69 Å². The number of ether oxygens (including phenoxy) is 1. The van der Waals surface area contributed by atoms with Crippen LogP contribution in [0.15, 0.2) is 47.4 Å². The van der Waals surface area contributed by atoms with Gasteiger partial charge >= 0.3 is 5.97 Å². The third kappa shape index (κ3) is 5.29. The van der Waals surface area contributed by atoms with Crippen LogP contribution in [-0.2, 0) is 19.6 Å². The Morgan fingerprint density at radius 3 is 2.33 bits per heavy atom. The highest BCUT2D eigenvalue weighted by Crippen LogP contribution is 2.20. The minimum Gasteiger partial charge on any atom is -0.452 e. The summed E-state index contributed by atoms with van der Waals surface area (Å²) in [7, 11) is -0.752. The topological polar surface area (TPSA) is 92.8 Å². The number of anilines is 1. The second kappa shape index (κ2) is 8.51. The number of esters is 1. The first-order valence-corrected chi connectivity index (χ1v) is 9.69. The van der Waals surface area contributed by atoms with Gasteiger partial charge in [0, 0.05) is 24.8 Å². The highest BCUT2D eigenvalue weighted by Gasteiger charge is 2.18. The number of carbonyl (C=O) groups excluding carboxylic acids is 2. The van der Waals surface area contributed by atoms with E-state index in [9.17, 15) is 18.0 Å². The zero-order valence-corrected chi connectivity index (χ0v) is 16.6. The number of hydrogen-bond acceptors (Lipinski definition) is 5. The van der Waals surface area contributed by atoms with Gasteiger partial charge in [0.1, 0.15) is 0 Å². The Bertz CT molecular complexity index is 956. The molecule has 27 heavy (non-hydrogen) atoms. The van der Waals surface area contributed by atoms with E-state index >= 15 is 0 Å². The van der Waals surface area contributed by atoms with Crippen LogP contribution in [0.1, 0.15) is 15.9 Å². The Morgan fingerprint density at radius 1 is 1.11 bits per heavy atom. The molecule has 0 unspecified atom stereocenters. The second-order valence-electron chi connectivity index (χ2n) is 5.90. The lowest BCUT2D eigenvalue weighted by atomic mass is 10.2. The highest BCUT2D eigenvalue weighted by molar-refractivity contribution is 7.89. The predicted octanol–water partition coefficient (Wildman–Crippen LogP) is 2.69. The Hall–Kier alpha value is -2.42. The summed E-state index contributed by atoms with van der Waals surface area (Å²) in [5.41, 5.74) is 1.48. The van der Waals surface area contributed by atoms with Crippen LogP contribution < -0.4 is 5.32 Å². The fourth-order valence-electron chi connectivity index (χ4n) is 2.10. The lowest BCUT2D eigenvalue weighted by Crippen LogP contribution is -2.22. The molecule has 9 heteroatoms. The molecule has 0 aromatic heterocycles. The van der Waals surface area contributed by atoms with E-state index in [1.165, 1.54) is 38.4 Å². The molecule has 2 rings (SSSR count). The number of hydrogen-bond donors (Lipinski definition) is 1. The average molecular weight is 411 g/mol. The summed E-state index contributed by atoms with van der Waals surface area (Å²) in [6, 6.07) is 10.3. The van der Waals surface area contributed by atoms with Gasteiger partial charge in [-0.15, -0.1) is 0 Å². The lowest BCUT2D eigenvalue weighted by Gasteiger charge is -2.12. The van der Waals surface area contributed by atoms with Crippen LogP contribution in [0, 0.1) is 6.92 Å². The molecule has 0 aliphatic rings. The van der Waals surface area contributed by atoms with Gasteiger partial charge in [0.15, 0.2) is 6.61 Å². The van der Waals surface area contributed by atoms with Gasteiger partial charge < -0.3 is 10.1 Å². The number of nitrogens with one attached hydrogen (secondary N) is 1. The van der Waals surface area contributed by atoms with E-state index in [-0.39, 0.29) is 10.5 Å². The first kappa shape index (κ1) is 20.9. The summed E-state index contributed by atoms with van der Waals surface area (Å²) in [5, 5.41) is 3.09. The molecule has 1 amide bonds. The molecule has 2 aromatic rings. The van der Waals surface area contributed by atoms with E-state index in [2.05, 4.69) is 5.32 Å². The summed E-state index contributed by atoms with van der Waals surface area (Å²) in [6.45, 7) is 1.32. The third-order valence-corrected chi connectivity index (χ3v) is 5.74. The van der Waals surface area contributed by atoms with Crippen molar-refractivity contribution >= 4 is 39.2 Å². The third-order valence-electron chi connectivity index (χ3n) is 3.68. The summed E-state index contributed by atoms with van der Waals surface area (Å²) in [5.74, 6) is -1.25. The fourth-order valence-corrected chi connectivity index (χ4v) is 3.18. The Kier molecular flexibility index (Phi) is 6.59. The van der Waals surface area contributed by atoms with Crippen molar-refractivity contribution in [2.24, 2.45) is 0 Å². The zero-order chi connectivity index (χ0) is 20.2. The number of benzene rings is 2. The van der Waals surface area contributed by atoms with Crippen LogP contribution in [0.5, 0.6) is 0 Å². The number of amides is 1. The van der Waals surface area contributed by atoms with E-state index in [1.807, 2.05) is 0 Å². The molecular formula is C18H19ClN2O5S. The van der Waals surface area contributed by atoms with Crippen LogP contribution >= 0.6 is 11.6 Å². The Labute approximate surface area is 162 Å². The molecule has 0 radical (unpaired) electrons. The molecule has 0 heterocycles. The summed E-state index contributed by atoms with van der Waals surface area (Å²) in [4.78, 5) is 24.0. The van der Waals surface area contributed by atoms with Crippen molar-refractivity contribution in [3.63, 3.8) is 0 Å². The van der Waals surface area contributed by atoms with E-state index < -0.39 is 28.5 Å². The first-order valence-electron chi connectivity index (χ1n) is 7.87. The van der Waals surface area contributed by atoms with Gasteiger partial charge in [0.05, 0.1) is 10.5 Å². The van der Waals surface area contributed by atoms with E-state index in [0.717, 1.165) is 9.87 Å². The molecule has 0 atom stereocenters. The second-order valence-corrected chi connectivity index (χ2v) is 8.48. The molecule has 1 N–H and O–H groups in total. The van der Waals surface area contributed by atoms with Crippen molar-refractivity contribution in [2.45, 2.75) is 11.8 Å². The Morgan fingerprint density at radius 2 is 1.74 bits per heavy atom. The van der Waals surface area contributed by atoms with Crippen molar-refractivity contribution in [1.29, 1.82) is 0 Å². The number of sulfonamides is 1. The molecule has 2 aromatic carbocycles. The van der Waals surface area contributed by atoms with E-state index in [0.29, 0.717) is 10.7 Å². The largest absolute Gasteiger partial charge is 0.452 e. The van der Waals surface area contributed by atoms with E-state index in [1.54, 1.807) is 25.1 Å². The maximum atomic E-state index is 12.0. The fraction of sp³-hybridized carbons (Fsp3) is 0.222. The van der Waals surface area contributed by atoms with Gasteiger partial charge in [0.25, 0.3) is 5.91 Å². The molecule has 0 saturated carbocycles. The van der Waals surface area contributed by atoms with Crippen molar-refractivity contribution in [3.8, 4) is 0 Å². The molecule has 7 nitrogen and oxygen atoms in total. The Balaban J connectivity index is 1.97. The maximum Gasteiger partial charge on any atom is 0.338 e. The van der Waals surface area contributed by atoms with Gasteiger partial charge in [-0.2, -0.15) is 0 Å². The number of carbonyl (C=O) groups is 2. The van der Waals surface area contributed by atoms with Gasteiger partial charge in [-0.3, -0.25) is 4.79 Å². The minimum atomic E-state index is -3.58. The van der Waals surface area contributed by atoms with Crippen molar-refractivity contribution in [3.05, 3.63) is 58.6 Å². The molecule has 0 aliphatic carbocycles. The smallest absolute Gasteiger partial charge is 0.338 e. The number of rotatable bonds is 6. The molecule has 0 fully saturated rings. The first-order chi connectivity index (χ1) is 12.6. The van der Waals surface area contributed by atoms with Crippen LogP contribution in [0.2, 0.25) is 5.02 Å². The quantitative estimate of drug-likeness (QED) is 0.739. The summed E-state index contributed by atoms with van der Waals surface area (Å²) >= 11 is 5.89. The SMILES string of the molecule is Cc1ccc(Cl)cc1NC(=O)COC(=O)c1ccc(S(=O)(=O)N(C)C)cc1. The van der Waals surface area contributed by atoms with Gasteiger partial charge in [-0.1, -0.05) is 17.7 Å². The number of aryl methyl sites for hydroxylation is 1. The standard InChI is InChI=1S/C18H19ClN2O5S/c1-12-4-7-14(19)10-16(12)20-17(22)11-26-18(23)13-5-8-15(9-6-13)27(24,25)21(2)3/h4-10H,11H2,1-3H3,(H,20,22). The zero-order valence-electron chi connectivity index (χ0n) is 15.0. The highest BCUT2D eigenvalue weighted by atomic mass is 35.5.